The number of rotatable bonds is 7. The quantitative estimate of drug-likeness (QED) is 0.450. The van der Waals surface area contributed by atoms with Crippen LogP contribution in [0, 0.1) is 10.1 Å². The summed E-state index contributed by atoms with van der Waals surface area (Å²) in [6.07, 6.45) is 1.64. The number of furan rings is 1. The summed E-state index contributed by atoms with van der Waals surface area (Å²) in [7, 11) is 0. The van der Waals surface area contributed by atoms with Crippen molar-refractivity contribution >= 4 is 17.3 Å². The van der Waals surface area contributed by atoms with E-state index in [9.17, 15) is 14.9 Å². The average molecular weight is 421 g/mol. The maximum atomic E-state index is 12.6. The van der Waals surface area contributed by atoms with Crippen molar-refractivity contribution in [3.05, 3.63) is 94.4 Å². The second kappa shape index (κ2) is 9.44. The van der Waals surface area contributed by atoms with Gasteiger partial charge in [-0.2, -0.15) is 0 Å². The Morgan fingerprint density at radius 3 is 2.55 bits per heavy atom. The molecule has 8 heteroatoms. The molecule has 8 nitrogen and oxygen atoms in total. The van der Waals surface area contributed by atoms with E-state index >= 15 is 0 Å². The number of piperazine rings is 1. The van der Waals surface area contributed by atoms with Crippen molar-refractivity contribution in [2.45, 2.75) is 6.04 Å². The number of carbonyl (C=O) groups is 1. The second-order valence-electron chi connectivity index (χ2n) is 7.57. The molecule has 3 aromatic rings. The fourth-order valence-corrected chi connectivity index (χ4v) is 4.03. The Morgan fingerprint density at radius 2 is 1.87 bits per heavy atom. The van der Waals surface area contributed by atoms with Gasteiger partial charge < -0.3 is 19.5 Å². The number of nitro groups is 1. The molecule has 0 bridgehead atoms. The molecule has 2 N–H and O–H groups in total. The molecule has 160 valence electrons. The van der Waals surface area contributed by atoms with Crippen molar-refractivity contribution in [2.24, 2.45) is 0 Å². The lowest BCUT2D eigenvalue weighted by molar-refractivity contribution is -0.932. The number of nitrogens with one attached hydrogen (secondary N) is 2. The molecule has 0 saturated carbocycles. The summed E-state index contributed by atoms with van der Waals surface area (Å²) in [6, 6.07) is 19.9. The summed E-state index contributed by atoms with van der Waals surface area (Å²) >= 11 is 0. The lowest BCUT2D eigenvalue weighted by Crippen LogP contribution is -3.15. The molecule has 1 atom stereocenters. The van der Waals surface area contributed by atoms with E-state index in [1.54, 1.807) is 12.3 Å². The van der Waals surface area contributed by atoms with Crippen LogP contribution in [0.3, 0.4) is 0 Å². The van der Waals surface area contributed by atoms with Gasteiger partial charge in [0.25, 0.3) is 11.6 Å². The van der Waals surface area contributed by atoms with Crippen molar-refractivity contribution in [1.29, 1.82) is 0 Å². The summed E-state index contributed by atoms with van der Waals surface area (Å²) in [5.41, 5.74) is 1.39. The van der Waals surface area contributed by atoms with Crippen molar-refractivity contribution in [1.82, 2.24) is 5.32 Å². The van der Waals surface area contributed by atoms with E-state index in [4.69, 9.17) is 4.42 Å². The molecule has 0 aliphatic carbocycles. The molecule has 1 aliphatic rings. The van der Waals surface area contributed by atoms with Gasteiger partial charge in [0.2, 0.25) is 0 Å². The third kappa shape index (κ3) is 4.92. The normalized spacial score (nSPS) is 15.4. The minimum Gasteiger partial charge on any atom is -0.463 e. The van der Waals surface area contributed by atoms with Gasteiger partial charge in [-0.1, -0.05) is 24.3 Å². The first-order valence-electron chi connectivity index (χ1n) is 10.3. The van der Waals surface area contributed by atoms with Crippen molar-refractivity contribution in [3.63, 3.8) is 0 Å². The number of non-ortho nitro benzene ring substituents is 1. The fraction of sp³-hybridized carbons (Fsp3) is 0.261. The fourth-order valence-electron chi connectivity index (χ4n) is 4.03. The standard InChI is InChI=1S/C23H24N4O4/c28-23(18-6-4-9-20(16-18)27(29)30)24-17-21(22-10-5-15-31-22)26-13-11-25(12-14-26)19-7-2-1-3-8-19/h1-10,15-16,21H,11-14,17H2,(H,24,28)/p+1/t21-/m1/s1. The first-order valence-corrected chi connectivity index (χ1v) is 10.3. The zero-order valence-electron chi connectivity index (χ0n) is 17.1. The molecule has 1 aromatic heterocycles. The Morgan fingerprint density at radius 1 is 1.10 bits per heavy atom. The van der Waals surface area contributed by atoms with Crippen LogP contribution in [-0.2, 0) is 0 Å². The van der Waals surface area contributed by atoms with E-state index in [1.165, 1.54) is 28.8 Å². The first-order chi connectivity index (χ1) is 15.1. The predicted molar refractivity (Wildman–Crippen MR) is 116 cm³/mol. The highest BCUT2D eigenvalue weighted by Gasteiger charge is 2.31. The van der Waals surface area contributed by atoms with Crippen molar-refractivity contribution < 1.29 is 19.0 Å². The number of carbonyl (C=O) groups excluding carboxylic acids is 1. The van der Waals surface area contributed by atoms with E-state index in [0.29, 0.717) is 6.54 Å². The highest BCUT2D eigenvalue weighted by atomic mass is 16.6. The molecule has 1 amide bonds. The van der Waals surface area contributed by atoms with Gasteiger partial charge in [0.15, 0.2) is 11.8 Å². The van der Waals surface area contributed by atoms with Crippen LogP contribution in [0.2, 0.25) is 0 Å². The van der Waals surface area contributed by atoms with E-state index in [-0.39, 0.29) is 23.2 Å². The average Bonchev–Trinajstić information content (AvgIpc) is 3.35. The van der Waals surface area contributed by atoms with Gasteiger partial charge in [0, 0.05) is 23.4 Å². The van der Waals surface area contributed by atoms with Gasteiger partial charge in [-0.15, -0.1) is 0 Å². The zero-order chi connectivity index (χ0) is 21.6. The molecule has 0 radical (unpaired) electrons. The largest absolute Gasteiger partial charge is 0.463 e. The van der Waals surface area contributed by atoms with Crippen LogP contribution in [0.15, 0.2) is 77.4 Å². The van der Waals surface area contributed by atoms with Gasteiger partial charge in [-0.3, -0.25) is 14.9 Å². The monoisotopic (exact) mass is 421 g/mol. The Balaban J connectivity index is 1.42. The first kappa shape index (κ1) is 20.6. The number of nitrogens with zero attached hydrogens (tertiary/aromatic N) is 2. The van der Waals surface area contributed by atoms with E-state index in [2.05, 4.69) is 22.3 Å². The second-order valence-corrected chi connectivity index (χ2v) is 7.57. The Kier molecular flexibility index (Phi) is 6.28. The molecule has 31 heavy (non-hydrogen) atoms. The maximum absolute atomic E-state index is 12.6. The third-order valence-corrected chi connectivity index (χ3v) is 5.69. The minimum absolute atomic E-state index is 0.0319. The molecule has 2 aromatic carbocycles. The smallest absolute Gasteiger partial charge is 0.270 e. The van der Waals surface area contributed by atoms with Crippen LogP contribution in [-0.4, -0.2) is 43.6 Å². The van der Waals surface area contributed by atoms with E-state index < -0.39 is 4.92 Å². The van der Waals surface area contributed by atoms with Gasteiger partial charge in [-0.25, -0.2) is 0 Å². The number of hydrogen-bond acceptors (Lipinski definition) is 5. The molecular weight excluding hydrogens is 396 g/mol. The molecule has 1 saturated heterocycles. The number of anilines is 1. The van der Waals surface area contributed by atoms with E-state index in [0.717, 1.165) is 31.9 Å². The van der Waals surface area contributed by atoms with Crippen LogP contribution in [0.4, 0.5) is 11.4 Å². The SMILES string of the molecule is O=C(NC[C@H](c1ccco1)[NH+]1CCN(c2ccccc2)CC1)c1cccc([N+](=O)[O-])c1. The lowest BCUT2D eigenvalue weighted by atomic mass is 10.1. The number of amides is 1. The lowest BCUT2D eigenvalue weighted by Gasteiger charge is -2.37. The van der Waals surface area contributed by atoms with Gasteiger partial charge >= 0.3 is 0 Å². The maximum Gasteiger partial charge on any atom is 0.270 e. The summed E-state index contributed by atoms with van der Waals surface area (Å²) in [5.74, 6) is 0.491. The Hall–Kier alpha value is -3.65. The predicted octanol–water partition coefficient (Wildman–Crippen LogP) is 2.06. The number of hydrogen-bond donors (Lipinski definition) is 2. The Labute approximate surface area is 180 Å². The zero-order valence-corrected chi connectivity index (χ0v) is 17.1. The molecule has 0 unspecified atom stereocenters. The number of para-hydroxylation sites is 1. The summed E-state index contributed by atoms with van der Waals surface area (Å²) in [4.78, 5) is 26.8. The topological polar surface area (TPSA) is 93.1 Å². The van der Waals surface area contributed by atoms with Crippen LogP contribution >= 0.6 is 0 Å². The third-order valence-electron chi connectivity index (χ3n) is 5.69. The molecule has 2 heterocycles. The number of nitro benzene ring substituents is 1. The van der Waals surface area contributed by atoms with Gasteiger partial charge in [0.1, 0.15) is 0 Å². The number of quaternary nitrogens is 1. The Bertz CT molecular complexity index is 1020. The molecule has 4 rings (SSSR count). The van der Waals surface area contributed by atoms with Crippen molar-refractivity contribution in [3.8, 4) is 0 Å². The van der Waals surface area contributed by atoms with Gasteiger partial charge in [0.05, 0.1) is 43.9 Å². The van der Waals surface area contributed by atoms with Crippen LogP contribution in [0.25, 0.3) is 0 Å². The highest BCUT2D eigenvalue weighted by Crippen LogP contribution is 2.16. The summed E-state index contributed by atoms with van der Waals surface area (Å²) < 4.78 is 5.67. The number of benzene rings is 2. The van der Waals surface area contributed by atoms with E-state index in [1.807, 2.05) is 30.3 Å². The molecule has 0 spiro atoms. The summed E-state index contributed by atoms with van der Waals surface area (Å²) in [6.45, 7) is 4.03. The van der Waals surface area contributed by atoms with Crippen molar-refractivity contribution in [2.75, 3.05) is 37.6 Å². The highest BCUT2D eigenvalue weighted by molar-refractivity contribution is 5.94. The summed E-state index contributed by atoms with van der Waals surface area (Å²) in [5, 5.41) is 13.9. The molecule has 1 aliphatic heterocycles. The van der Waals surface area contributed by atoms with Crippen LogP contribution < -0.4 is 15.1 Å². The molecule has 1 fully saturated rings. The minimum atomic E-state index is -0.501. The molecular formula is C23H25N4O4+. The van der Waals surface area contributed by atoms with Crippen LogP contribution in [0.1, 0.15) is 22.2 Å². The van der Waals surface area contributed by atoms with Crippen LogP contribution in [0.5, 0.6) is 0 Å². The van der Waals surface area contributed by atoms with Gasteiger partial charge in [-0.05, 0) is 30.3 Å².